The van der Waals surface area contributed by atoms with Gasteiger partial charge in [0, 0.05) is 12.8 Å². The Morgan fingerprint density at radius 2 is 0.519 bits per heavy atom. The zero-order valence-electron chi connectivity index (χ0n) is 69.5. The van der Waals surface area contributed by atoms with Gasteiger partial charge in [-0.25, -0.2) is 4.57 Å². The Hall–Kier alpha value is -3.07. The van der Waals surface area contributed by atoms with Gasteiger partial charge in [-0.2, -0.15) is 0 Å². The highest BCUT2D eigenvalue weighted by molar-refractivity contribution is 7.47. The first-order valence-electron chi connectivity index (χ1n) is 45.0. The Morgan fingerprint density at radius 1 is 0.298 bits per heavy atom. The fourth-order valence-corrected chi connectivity index (χ4v) is 14.1. The predicted molar refractivity (Wildman–Crippen MR) is 455 cm³/mol. The molecule has 0 aromatic carbocycles. The summed E-state index contributed by atoms with van der Waals surface area (Å²) in [7, 11) is 1.50. The number of esters is 2. The number of phosphoric acid groups is 1. The van der Waals surface area contributed by atoms with E-state index in [1.165, 1.54) is 321 Å². The third-order valence-electron chi connectivity index (χ3n) is 20.1. The van der Waals surface area contributed by atoms with Crippen molar-refractivity contribution < 1.29 is 42.1 Å². The van der Waals surface area contributed by atoms with E-state index in [-0.39, 0.29) is 25.6 Å². The van der Waals surface area contributed by atoms with E-state index in [1.54, 1.807) is 0 Å². The molecule has 0 saturated heterocycles. The minimum Gasteiger partial charge on any atom is -0.462 e. The Kier molecular flexibility index (Phi) is 81.5. The van der Waals surface area contributed by atoms with Crippen LogP contribution in [0.2, 0.25) is 0 Å². The van der Waals surface area contributed by atoms with Gasteiger partial charge in [-0.05, 0) is 89.9 Å². The van der Waals surface area contributed by atoms with Gasteiger partial charge in [0.1, 0.15) is 19.8 Å². The maximum absolute atomic E-state index is 13.0. The average Bonchev–Trinajstić information content (AvgIpc) is 0.920. The number of allylic oxidation sites excluding steroid dienone is 16. The lowest BCUT2D eigenvalue weighted by molar-refractivity contribution is -0.870. The van der Waals surface area contributed by atoms with Gasteiger partial charge in [-0.3, -0.25) is 18.6 Å². The zero-order chi connectivity index (χ0) is 75.4. The van der Waals surface area contributed by atoms with E-state index in [1.807, 2.05) is 21.1 Å². The number of likely N-dealkylation sites (N-methyl/N-ethyl adjacent to an activating group) is 1. The molecule has 0 rings (SSSR count). The van der Waals surface area contributed by atoms with Crippen molar-refractivity contribution >= 4 is 19.8 Å². The Labute approximate surface area is 646 Å². The largest absolute Gasteiger partial charge is 0.472 e. The van der Waals surface area contributed by atoms with Gasteiger partial charge in [0.05, 0.1) is 27.7 Å². The fraction of sp³-hybridized carbons (Fsp3) is 0.809. The van der Waals surface area contributed by atoms with Crippen LogP contribution in [0.3, 0.4) is 0 Å². The smallest absolute Gasteiger partial charge is 0.462 e. The SMILES string of the molecule is CC/C=C\C/C=C\C/C=C\C/C=C\CCCCCCCCCCCCCCCCCCCCCCCCCCCCCCC(=O)OC(COC(=O)CCCCCCCCCCCCCCCCCCCCCCCCCCCC/C=C\C/C=C\C/C=C\C/C=C\CC)COP(=O)(O)OCC[N+](C)(C)C. The summed E-state index contributed by atoms with van der Waals surface area (Å²) < 4.78 is 34.9. The monoisotopic (exact) mass is 1480 g/mol. The van der Waals surface area contributed by atoms with E-state index in [4.69, 9.17) is 18.5 Å². The molecule has 606 valence electrons. The van der Waals surface area contributed by atoms with Crippen LogP contribution in [0, 0.1) is 0 Å². The minimum absolute atomic E-state index is 0.0337. The lowest BCUT2D eigenvalue weighted by Gasteiger charge is -2.24. The lowest BCUT2D eigenvalue weighted by Crippen LogP contribution is -2.37. The third kappa shape index (κ3) is 87.8. The number of nitrogens with zero attached hydrogens (tertiary/aromatic N) is 1. The second-order valence-electron chi connectivity index (χ2n) is 31.6. The second-order valence-corrected chi connectivity index (χ2v) is 33.0. The number of carbonyl (C=O) groups excluding carboxylic acids is 2. The van der Waals surface area contributed by atoms with E-state index >= 15 is 0 Å². The molecule has 2 unspecified atom stereocenters. The highest BCUT2D eigenvalue weighted by Crippen LogP contribution is 2.43. The number of quaternary nitrogens is 1. The van der Waals surface area contributed by atoms with Crippen molar-refractivity contribution in [2.24, 2.45) is 0 Å². The first-order chi connectivity index (χ1) is 51.0. The van der Waals surface area contributed by atoms with Crippen molar-refractivity contribution in [3.63, 3.8) is 0 Å². The van der Waals surface area contributed by atoms with E-state index in [9.17, 15) is 19.0 Å². The van der Waals surface area contributed by atoms with Crippen LogP contribution in [0.25, 0.3) is 0 Å². The summed E-state index contributed by atoms with van der Waals surface area (Å²) >= 11 is 0. The van der Waals surface area contributed by atoms with Crippen LogP contribution in [-0.2, 0) is 32.7 Å². The van der Waals surface area contributed by atoms with Crippen LogP contribution in [0.1, 0.15) is 438 Å². The maximum atomic E-state index is 13.0. The van der Waals surface area contributed by atoms with Crippen molar-refractivity contribution in [1.82, 2.24) is 0 Å². The third-order valence-corrected chi connectivity index (χ3v) is 21.1. The van der Waals surface area contributed by atoms with E-state index in [0.29, 0.717) is 23.9 Å². The molecule has 0 aliphatic heterocycles. The van der Waals surface area contributed by atoms with Crippen molar-refractivity contribution in [3.8, 4) is 0 Å². The molecule has 0 aromatic heterocycles. The highest BCUT2D eigenvalue weighted by Gasteiger charge is 2.27. The summed E-state index contributed by atoms with van der Waals surface area (Å²) in [5, 5.41) is 0. The van der Waals surface area contributed by atoms with E-state index in [0.717, 1.165) is 83.5 Å². The van der Waals surface area contributed by atoms with Crippen molar-refractivity contribution in [1.29, 1.82) is 0 Å². The van der Waals surface area contributed by atoms with Crippen LogP contribution in [0.5, 0.6) is 0 Å². The molecule has 0 amide bonds. The van der Waals surface area contributed by atoms with Crippen LogP contribution < -0.4 is 0 Å². The van der Waals surface area contributed by atoms with Gasteiger partial charge in [0.2, 0.25) is 0 Å². The van der Waals surface area contributed by atoms with Crippen molar-refractivity contribution in [3.05, 3.63) is 97.2 Å². The quantitative estimate of drug-likeness (QED) is 0.0211. The number of hydrogen-bond acceptors (Lipinski definition) is 7. The van der Waals surface area contributed by atoms with Gasteiger partial charge in [0.15, 0.2) is 6.10 Å². The molecule has 2 atom stereocenters. The van der Waals surface area contributed by atoms with Gasteiger partial charge in [0.25, 0.3) is 0 Å². The van der Waals surface area contributed by atoms with Gasteiger partial charge in [-0.15, -0.1) is 0 Å². The Bertz CT molecular complexity index is 2080. The number of rotatable bonds is 84. The van der Waals surface area contributed by atoms with E-state index < -0.39 is 26.5 Å². The van der Waals surface area contributed by atoms with Gasteiger partial charge < -0.3 is 18.9 Å². The molecule has 10 heteroatoms. The summed E-state index contributed by atoms with van der Waals surface area (Å²) in [6, 6.07) is 0. The first-order valence-corrected chi connectivity index (χ1v) is 46.5. The van der Waals surface area contributed by atoms with Crippen molar-refractivity contribution in [2.75, 3.05) is 47.5 Å². The minimum atomic E-state index is -4.40. The molecule has 0 saturated carbocycles. The summed E-state index contributed by atoms with van der Waals surface area (Å²) in [5.41, 5.74) is 0. The molecule has 0 aliphatic carbocycles. The second kappa shape index (κ2) is 84.0. The standard InChI is InChI=1S/C94H172NO8P/c1-6-8-10-12-14-16-18-20-22-24-26-28-30-32-34-36-38-40-42-44-46-47-49-51-53-55-57-59-61-63-65-67-69-71-73-75-77-79-81-83-85-87-94(97)103-92(91-102-104(98,99)101-89-88-95(3,4)5)90-100-93(96)86-84-82-80-78-76-74-72-70-68-66-64-62-60-58-56-54-52-50-48-45-43-41-39-37-35-33-31-29-27-25-23-21-19-17-15-13-11-9-7-2/h8-11,14-17,20-23,26-29,92H,6-7,12-13,18-19,24-25,30-91H2,1-5H3/p+1/b10-8-,11-9-,16-14-,17-15-,22-20-,23-21-,28-26-,29-27-. The molecular formula is C94H173NO8P+. The number of carbonyl (C=O) groups is 2. The Morgan fingerprint density at radius 3 is 0.769 bits per heavy atom. The average molecular weight is 1480 g/mol. The molecule has 0 fully saturated rings. The molecule has 0 aromatic rings. The van der Waals surface area contributed by atoms with Crippen LogP contribution in [0.15, 0.2) is 97.2 Å². The van der Waals surface area contributed by atoms with Gasteiger partial charge >= 0.3 is 19.8 Å². The lowest BCUT2D eigenvalue weighted by atomic mass is 10.0. The number of phosphoric ester groups is 1. The zero-order valence-corrected chi connectivity index (χ0v) is 70.4. The maximum Gasteiger partial charge on any atom is 0.472 e. The van der Waals surface area contributed by atoms with Gasteiger partial charge in [-0.1, -0.05) is 432 Å². The molecular weight excluding hydrogens is 1300 g/mol. The molecule has 0 bridgehead atoms. The molecule has 0 spiro atoms. The number of unbranched alkanes of at least 4 members (excludes halogenated alkanes) is 54. The molecule has 0 heterocycles. The van der Waals surface area contributed by atoms with E-state index in [2.05, 4.69) is 111 Å². The Balaban J connectivity index is 3.84. The van der Waals surface area contributed by atoms with Crippen LogP contribution in [-0.4, -0.2) is 74.9 Å². The topological polar surface area (TPSA) is 108 Å². The number of hydrogen-bond donors (Lipinski definition) is 1. The molecule has 0 radical (unpaired) electrons. The first kappa shape index (κ1) is 101. The summed E-state index contributed by atoms with van der Waals surface area (Å²) in [6.07, 6.45) is 119. The summed E-state index contributed by atoms with van der Waals surface area (Å²) in [5.74, 6) is -0.772. The van der Waals surface area contributed by atoms with Crippen LogP contribution >= 0.6 is 7.82 Å². The molecule has 0 aliphatic rings. The summed E-state index contributed by atoms with van der Waals surface area (Å²) in [4.78, 5) is 36.1. The molecule has 104 heavy (non-hydrogen) atoms. The van der Waals surface area contributed by atoms with Crippen molar-refractivity contribution in [2.45, 2.75) is 444 Å². The fourth-order valence-electron chi connectivity index (χ4n) is 13.4. The normalized spacial score (nSPS) is 13.4. The molecule has 1 N–H and O–H groups in total. The van der Waals surface area contributed by atoms with Crippen LogP contribution in [0.4, 0.5) is 0 Å². The number of ether oxygens (including phenoxy) is 2. The highest BCUT2D eigenvalue weighted by atomic mass is 31.2. The predicted octanol–water partition coefficient (Wildman–Crippen LogP) is 30.5. The molecule has 9 nitrogen and oxygen atoms in total. The summed E-state index contributed by atoms with van der Waals surface area (Å²) in [6.45, 7) is 4.28.